The second-order valence-corrected chi connectivity index (χ2v) is 4.62. The fraction of sp³-hybridized carbons (Fsp3) is 0.571. The Morgan fingerprint density at radius 1 is 1.21 bits per heavy atom. The Labute approximate surface area is 113 Å². The van der Waals surface area contributed by atoms with Gasteiger partial charge < -0.3 is 24.6 Å². The normalized spacial score (nSPS) is 16.3. The van der Waals surface area contributed by atoms with Crippen LogP contribution in [0.2, 0.25) is 0 Å². The van der Waals surface area contributed by atoms with Gasteiger partial charge in [0.1, 0.15) is 0 Å². The fourth-order valence-corrected chi connectivity index (χ4v) is 2.21. The van der Waals surface area contributed by atoms with Crippen molar-refractivity contribution in [2.75, 3.05) is 27.4 Å². The van der Waals surface area contributed by atoms with Crippen molar-refractivity contribution in [3.8, 4) is 17.2 Å². The Morgan fingerprint density at radius 3 is 2.32 bits per heavy atom. The largest absolute Gasteiger partial charge is 0.502 e. The maximum absolute atomic E-state index is 9.84. The quantitative estimate of drug-likeness (QED) is 0.850. The van der Waals surface area contributed by atoms with Crippen molar-refractivity contribution >= 4 is 0 Å². The lowest BCUT2D eigenvalue weighted by molar-refractivity contribution is 0.0776. The van der Waals surface area contributed by atoms with Gasteiger partial charge in [0, 0.05) is 25.8 Å². The van der Waals surface area contributed by atoms with Crippen molar-refractivity contribution in [2.45, 2.75) is 25.4 Å². The van der Waals surface area contributed by atoms with Crippen LogP contribution in [0.25, 0.3) is 0 Å². The first kappa shape index (κ1) is 14.0. The molecule has 2 rings (SSSR count). The Kier molecular flexibility index (Phi) is 4.87. The van der Waals surface area contributed by atoms with Gasteiger partial charge in [-0.1, -0.05) is 0 Å². The van der Waals surface area contributed by atoms with Gasteiger partial charge in [-0.15, -0.1) is 0 Å². The van der Waals surface area contributed by atoms with E-state index in [9.17, 15) is 5.11 Å². The van der Waals surface area contributed by atoms with Crippen molar-refractivity contribution in [2.24, 2.45) is 0 Å². The van der Waals surface area contributed by atoms with Crippen molar-refractivity contribution in [3.05, 3.63) is 17.7 Å². The summed E-state index contributed by atoms with van der Waals surface area (Å²) >= 11 is 0. The van der Waals surface area contributed by atoms with E-state index in [4.69, 9.17) is 14.2 Å². The average Bonchev–Trinajstić information content (AvgIpc) is 2.47. The summed E-state index contributed by atoms with van der Waals surface area (Å²) in [5.74, 6) is 0.908. The van der Waals surface area contributed by atoms with Crippen molar-refractivity contribution < 1.29 is 19.3 Å². The third kappa shape index (κ3) is 3.52. The van der Waals surface area contributed by atoms with Crippen LogP contribution in [0.4, 0.5) is 0 Å². The number of rotatable bonds is 5. The van der Waals surface area contributed by atoms with Crippen LogP contribution in [0.1, 0.15) is 18.4 Å². The lowest BCUT2D eigenvalue weighted by Crippen LogP contribution is -2.34. The van der Waals surface area contributed by atoms with E-state index >= 15 is 0 Å². The molecule has 1 aliphatic heterocycles. The number of methoxy groups -OCH3 is 2. The number of aromatic hydroxyl groups is 1. The number of ether oxygens (including phenoxy) is 3. The highest BCUT2D eigenvalue weighted by Crippen LogP contribution is 2.37. The maximum atomic E-state index is 9.84. The zero-order valence-corrected chi connectivity index (χ0v) is 11.4. The molecular weight excluding hydrogens is 246 g/mol. The molecule has 1 aliphatic rings. The number of nitrogens with one attached hydrogen (secondary N) is 1. The summed E-state index contributed by atoms with van der Waals surface area (Å²) in [5.41, 5.74) is 1.03. The maximum Gasteiger partial charge on any atom is 0.200 e. The summed E-state index contributed by atoms with van der Waals surface area (Å²) in [5, 5.41) is 13.3. The summed E-state index contributed by atoms with van der Waals surface area (Å²) in [4.78, 5) is 0. The third-order valence-electron chi connectivity index (χ3n) is 3.36. The average molecular weight is 267 g/mol. The van der Waals surface area contributed by atoms with Gasteiger partial charge in [0.15, 0.2) is 11.5 Å². The first-order valence-corrected chi connectivity index (χ1v) is 6.49. The topological polar surface area (TPSA) is 60.0 Å². The third-order valence-corrected chi connectivity index (χ3v) is 3.36. The van der Waals surface area contributed by atoms with E-state index in [1.54, 1.807) is 0 Å². The zero-order chi connectivity index (χ0) is 13.7. The smallest absolute Gasteiger partial charge is 0.200 e. The molecule has 1 fully saturated rings. The van der Waals surface area contributed by atoms with Gasteiger partial charge in [-0.05, 0) is 30.5 Å². The van der Waals surface area contributed by atoms with Crippen LogP contribution in [0.15, 0.2) is 12.1 Å². The van der Waals surface area contributed by atoms with Crippen LogP contribution >= 0.6 is 0 Å². The number of hydrogen-bond acceptors (Lipinski definition) is 5. The molecule has 0 aliphatic carbocycles. The number of hydrogen-bond donors (Lipinski definition) is 2. The van der Waals surface area contributed by atoms with E-state index < -0.39 is 0 Å². The minimum atomic E-state index is 0.0415. The second kappa shape index (κ2) is 6.63. The minimum Gasteiger partial charge on any atom is -0.502 e. The molecule has 1 heterocycles. The van der Waals surface area contributed by atoms with Gasteiger partial charge in [0.05, 0.1) is 14.2 Å². The van der Waals surface area contributed by atoms with Crippen LogP contribution in [0, 0.1) is 0 Å². The summed E-state index contributed by atoms with van der Waals surface area (Å²) in [6.07, 6.45) is 2.07. The van der Waals surface area contributed by atoms with E-state index in [1.807, 2.05) is 12.1 Å². The van der Waals surface area contributed by atoms with E-state index in [1.165, 1.54) is 14.2 Å². The molecule has 106 valence electrons. The molecule has 2 N–H and O–H groups in total. The molecule has 5 nitrogen and oxygen atoms in total. The Balaban J connectivity index is 2.02. The minimum absolute atomic E-state index is 0.0415. The van der Waals surface area contributed by atoms with E-state index in [-0.39, 0.29) is 5.75 Å². The van der Waals surface area contributed by atoms with Crippen molar-refractivity contribution in [1.29, 1.82) is 0 Å². The highest BCUT2D eigenvalue weighted by atomic mass is 16.5. The van der Waals surface area contributed by atoms with Crippen LogP contribution in [-0.4, -0.2) is 38.6 Å². The molecular formula is C14H21NO4. The molecule has 5 heteroatoms. The molecule has 0 spiro atoms. The molecule has 0 saturated carbocycles. The molecule has 0 atom stereocenters. The SMILES string of the molecule is COc1cc(CNC2CCOCC2)cc(OC)c1O. The zero-order valence-electron chi connectivity index (χ0n) is 11.4. The lowest BCUT2D eigenvalue weighted by Gasteiger charge is -2.23. The standard InChI is InChI=1S/C14H21NO4/c1-17-12-7-10(8-13(18-2)14(12)16)9-15-11-3-5-19-6-4-11/h7-8,11,15-16H,3-6,9H2,1-2H3. The van der Waals surface area contributed by atoms with E-state index in [0.717, 1.165) is 38.2 Å². The van der Waals surface area contributed by atoms with Crippen LogP contribution < -0.4 is 14.8 Å². The predicted octanol–water partition coefficient (Wildman–Crippen LogP) is 1.68. The van der Waals surface area contributed by atoms with Crippen molar-refractivity contribution in [3.63, 3.8) is 0 Å². The Bertz CT molecular complexity index is 391. The molecule has 1 aromatic rings. The Morgan fingerprint density at radius 2 is 1.79 bits per heavy atom. The summed E-state index contributed by atoms with van der Waals surface area (Å²) in [7, 11) is 3.06. The molecule has 1 saturated heterocycles. The first-order chi connectivity index (χ1) is 9.24. The number of benzene rings is 1. The van der Waals surface area contributed by atoms with Gasteiger partial charge in [-0.2, -0.15) is 0 Å². The van der Waals surface area contributed by atoms with Gasteiger partial charge in [0.25, 0.3) is 0 Å². The highest BCUT2D eigenvalue weighted by Gasteiger charge is 2.15. The molecule has 0 unspecified atom stereocenters. The van der Waals surface area contributed by atoms with Crippen molar-refractivity contribution in [1.82, 2.24) is 5.32 Å². The fourth-order valence-electron chi connectivity index (χ4n) is 2.21. The number of phenols is 1. The number of phenolic OH excluding ortho intramolecular Hbond substituents is 1. The van der Waals surface area contributed by atoms with Gasteiger partial charge >= 0.3 is 0 Å². The van der Waals surface area contributed by atoms with Crippen LogP contribution in [0.5, 0.6) is 17.2 Å². The van der Waals surface area contributed by atoms with Crippen LogP contribution in [0.3, 0.4) is 0 Å². The van der Waals surface area contributed by atoms with Crippen LogP contribution in [-0.2, 0) is 11.3 Å². The first-order valence-electron chi connectivity index (χ1n) is 6.49. The Hall–Kier alpha value is -1.46. The van der Waals surface area contributed by atoms with Gasteiger partial charge in [0.2, 0.25) is 5.75 Å². The molecule has 19 heavy (non-hydrogen) atoms. The molecule has 0 aromatic heterocycles. The van der Waals surface area contributed by atoms with E-state index in [0.29, 0.717) is 17.5 Å². The molecule has 1 aromatic carbocycles. The molecule has 0 radical (unpaired) electrons. The van der Waals surface area contributed by atoms with Gasteiger partial charge in [-0.3, -0.25) is 0 Å². The molecule has 0 bridgehead atoms. The van der Waals surface area contributed by atoms with Gasteiger partial charge in [-0.25, -0.2) is 0 Å². The molecule has 0 amide bonds. The monoisotopic (exact) mass is 267 g/mol. The summed E-state index contributed by atoms with van der Waals surface area (Å²) in [6.45, 7) is 2.36. The highest BCUT2D eigenvalue weighted by molar-refractivity contribution is 5.52. The predicted molar refractivity (Wildman–Crippen MR) is 71.9 cm³/mol. The summed E-state index contributed by atoms with van der Waals surface area (Å²) < 4.78 is 15.6. The lowest BCUT2D eigenvalue weighted by atomic mass is 10.1. The second-order valence-electron chi connectivity index (χ2n) is 4.62. The van der Waals surface area contributed by atoms with E-state index in [2.05, 4.69) is 5.32 Å². The summed E-state index contributed by atoms with van der Waals surface area (Å²) in [6, 6.07) is 4.13.